The molecule has 4 rings (SSSR count). The Balaban J connectivity index is 1.67. The molecule has 31 heavy (non-hydrogen) atoms. The lowest BCUT2D eigenvalue weighted by molar-refractivity contribution is -0.137. The maximum Gasteiger partial charge on any atom is 0.354 e. The summed E-state index contributed by atoms with van der Waals surface area (Å²) in [6, 6.07) is 8.42. The second-order valence-electron chi connectivity index (χ2n) is 7.51. The van der Waals surface area contributed by atoms with Crippen LogP contribution in [0.5, 0.6) is 0 Å². The van der Waals surface area contributed by atoms with Gasteiger partial charge in [-0.25, -0.2) is 14.8 Å². The monoisotopic (exact) mass is 422 g/mol. The third-order valence-electron chi connectivity index (χ3n) is 5.31. The predicted octanol–water partition coefficient (Wildman–Crippen LogP) is 0.623. The first-order valence-electron chi connectivity index (χ1n) is 9.92. The van der Waals surface area contributed by atoms with Crippen molar-refractivity contribution in [2.75, 3.05) is 44.8 Å². The number of aromatic nitrogens is 2. The Morgan fingerprint density at radius 1 is 1.19 bits per heavy atom. The van der Waals surface area contributed by atoms with Gasteiger partial charge in [0.1, 0.15) is 5.82 Å². The number of amides is 1. The lowest BCUT2D eigenvalue weighted by Gasteiger charge is -2.28. The molecular formula is C22H22N4O5. The Bertz CT molecular complexity index is 1090. The van der Waals surface area contributed by atoms with E-state index in [1.807, 2.05) is 4.90 Å². The SMILES string of the molecule is CN1CC[C@@](O)(C#Cc2cccc(-c3nc(C(=O)O)cc(N4CCOCC4)n3)c2)C1=O. The van der Waals surface area contributed by atoms with Crippen LogP contribution in [0.25, 0.3) is 11.4 Å². The number of likely N-dealkylation sites (N-methyl/N-ethyl adjacent to an activating group) is 1. The molecule has 0 radical (unpaired) electrons. The Morgan fingerprint density at radius 2 is 1.97 bits per heavy atom. The van der Waals surface area contributed by atoms with Crippen LogP contribution < -0.4 is 4.90 Å². The van der Waals surface area contributed by atoms with Crippen molar-refractivity contribution in [3.05, 3.63) is 41.6 Å². The Labute approximate surface area is 179 Å². The van der Waals surface area contributed by atoms with Crippen LogP contribution in [-0.2, 0) is 9.53 Å². The highest BCUT2D eigenvalue weighted by Crippen LogP contribution is 2.23. The summed E-state index contributed by atoms with van der Waals surface area (Å²) < 4.78 is 5.36. The fraction of sp³-hybridized carbons (Fsp3) is 0.364. The largest absolute Gasteiger partial charge is 0.477 e. The van der Waals surface area contributed by atoms with Gasteiger partial charge in [0.15, 0.2) is 11.5 Å². The second-order valence-corrected chi connectivity index (χ2v) is 7.51. The van der Waals surface area contributed by atoms with Crippen LogP contribution in [0.3, 0.4) is 0 Å². The van der Waals surface area contributed by atoms with E-state index in [-0.39, 0.29) is 17.9 Å². The number of aromatic carboxylic acids is 1. The van der Waals surface area contributed by atoms with E-state index in [2.05, 4.69) is 21.8 Å². The van der Waals surface area contributed by atoms with Crippen LogP contribution in [0.1, 0.15) is 22.5 Å². The van der Waals surface area contributed by atoms with E-state index in [4.69, 9.17) is 4.74 Å². The molecule has 9 nitrogen and oxygen atoms in total. The van der Waals surface area contributed by atoms with Gasteiger partial charge >= 0.3 is 5.97 Å². The number of nitrogens with zero attached hydrogens (tertiary/aromatic N) is 4. The summed E-state index contributed by atoms with van der Waals surface area (Å²) in [5.41, 5.74) is -0.637. The molecule has 0 saturated carbocycles. The Morgan fingerprint density at radius 3 is 2.65 bits per heavy atom. The highest BCUT2D eigenvalue weighted by Gasteiger charge is 2.42. The molecule has 1 atom stereocenters. The number of anilines is 1. The van der Waals surface area contributed by atoms with Crippen molar-refractivity contribution in [2.24, 2.45) is 0 Å². The number of carboxylic acid groups (broad SMARTS) is 1. The van der Waals surface area contributed by atoms with Crippen LogP contribution in [0, 0.1) is 11.8 Å². The van der Waals surface area contributed by atoms with Gasteiger partial charge in [-0.3, -0.25) is 4.79 Å². The zero-order valence-corrected chi connectivity index (χ0v) is 17.0. The lowest BCUT2D eigenvalue weighted by Crippen LogP contribution is -2.37. The number of hydrogen-bond donors (Lipinski definition) is 2. The van der Waals surface area contributed by atoms with Crippen molar-refractivity contribution >= 4 is 17.7 Å². The molecule has 1 amide bonds. The number of carboxylic acids is 1. The minimum Gasteiger partial charge on any atom is -0.477 e. The molecule has 9 heteroatoms. The molecule has 2 aliphatic heterocycles. The number of rotatable bonds is 3. The summed E-state index contributed by atoms with van der Waals surface area (Å²) in [6.07, 6.45) is 0.252. The van der Waals surface area contributed by atoms with E-state index in [1.54, 1.807) is 31.3 Å². The van der Waals surface area contributed by atoms with Crippen molar-refractivity contribution in [1.29, 1.82) is 0 Å². The van der Waals surface area contributed by atoms with Crippen LogP contribution in [-0.4, -0.2) is 82.5 Å². The lowest BCUT2D eigenvalue weighted by atomic mass is 10.0. The van der Waals surface area contributed by atoms with Gasteiger partial charge in [0.05, 0.1) is 13.2 Å². The van der Waals surface area contributed by atoms with Crippen molar-refractivity contribution in [3.63, 3.8) is 0 Å². The molecule has 2 saturated heterocycles. The molecule has 0 bridgehead atoms. The van der Waals surface area contributed by atoms with Crippen LogP contribution >= 0.6 is 0 Å². The molecule has 0 spiro atoms. The number of ether oxygens (including phenoxy) is 1. The normalized spacial score (nSPS) is 21.0. The zero-order valence-electron chi connectivity index (χ0n) is 17.0. The molecule has 2 aromatic rings. The van der Waals surface area contributed by atoms with Crippen molar-refractivity contribution in [3.8, 4) is 23.2 Å². The van der Waals surface area contributed by atoms with Gasteiger partial charge in [0.2, 0.25) is 5.60 Å². The summed E-state index contributed by atoms with van der Waals surface area (Å²) in [5.74, 6) is 4.78. The van der Waals surface area contributed by atoms with Crippen LogP contribution in [0.4, 0.5) is 5.82 Å². The molecule has 2 aliphatic rings. The second kappa shape index (κ2) is 8.34. The molecule has 1 aromatic carbocycles. The fourth-order valence-corrected chi connectivity index (χ4v) is 3.51. The summed E-state index contributed by atoms with van der Waals surface area (Å²) in [5, 5.41) is 20.0. The van der Waals surface area contributed by atoms with Crippen molar-refractivity contribution in [1.82, 2.24) is 14.9 Å². The summed E-state index contributed by atoms with van der Waals surface area (Å²) in [7, 11) is 1.63. The van der Waals surface area contributed by atoms with Gasteiger partial charge in [-0.05, 0) is 12.1 Å². The zero-order chi connectivity index (χ0) is 22.0. The van der Waals surface area contributed by atoms with Crippen molar-refractivity contribution < 1.29 is 24.5 Å². The van der Waals surface area contributed by atoms with Crippen LogP contribution in [0.2, 0.25) is 0 Å². The third kappa shape index (κ3) is 4.35. The minimum atomic E-state index is -1.69. The highest BCUT2D eigenvalue weighted by molar-refractivity contribution is 5.90. The van der Waals surface area contributed by atoms with Gasteiger partial charge in [-0.15, -0.1) is 0 Å². The molecule has 2 fully saturated rings. The smallest absolute Gasteiger partial charge is 0.354 e. The van der Waals surface area contributed by atoms with Gasteiger partial charge < -0.3 is 24.7 Å². The van der Waals surface area contributed by atoms with Gasteiger partial charge in [-0.2, -0.15) is 0 Å². The van der Waals surface area contributed by atoms with E-state index in [9.17, 15) is 19.8 Å². The average molecular weight is 422 g/mol. The van der Waals surface area contributed by atoms with E-state index in [0.29, 0.717) is 49.8 Å². The first-order chi connectivity index (χ1) is 14.9. The van der Waals surface area contributed by atoms with Crippen LogP contribution in [0.15, 0.2) is 30.3 Å². The van der Waals surface area contributed by atoms with Gasteiger partial charge in [0, 0.05) is 50.3 Å². The third-order valence-corrected chi connectivity index (χ3v) is 5.31. The van der Waals surface area contributed by atoms with E-state index in [0.717, 1.165) is 0 Å². The van der Waals surface area contributed by atoms with E-state index in [1.165, 1.54) is 11.0 Å². The van der Waals surface area contributed by atoms with Crippen molar-refractivity contribution in [2.45, 2.75) is 12.0 Å². The van der Waals surface area contributed by atoms with E-state index >= 15 is 0 Å². The maximum atomic E-state index is 12.1. The molecule has 0 unspecified atom stereocenters. The number of likely N-dealkylation sites (tertiary alicyclic amines) is 1. The number of aliphatic hydroxyl groups is 1. The topological polar surface area (TPSA) is 116 Å². The molecule has 3 heterocycles. The number of carbonyl (C=O) groups is 2. The molecule has 160 valence electrons. The number of carbonyl (C=O) groups excluding carboxylic acids is 1. The molecule has 1 aromatic heterocycles. The Kier molecular flexibility index (Phi) is 5.59. The predicted molar refractivity (Wildman–Crippen MR) is 112 cm³/mol. The molecular weight excluding hydrogens is 400 g/mol. The standard InChI is InChI=1S/C22H22N4O5/c1-25-8-7-22(30,21(25)29)6-5-15-3-2-4-16(13-15)19-23-17(20(27)28)14-18(24-19)26-9-11-31-12-10-26/h2-4,13-14,30H,7-12H2,1H3,(H,27,28)/t22-/m0/s1. The minimum absolute atomic E-state index is 0.100. The number of hydrogen-bond acceptors (Lipinski definition) is 7. The first kappa shape index (κ1) is 20.8. The Hall–Kier alpha value is -3.48. The van der Waals surface area contributed by atoms with Gasteiger partial charge in [0.25, 0.3) is 5.91 Å². The summed E-state index contributed by atoms with van der Waals surface area (Å²) >= 11 is 0. The average Bonchev–Trinajstić information content (AvgIpc) is 3.06. The maximum absolute atomic E-state index is 12.1. The number of morpholine rings is 1. The highest BCUT2D eigenvalue weighted by atomic mass is 16.5. The quantitative estimate of drug-likeness (QED) is 0.692. The number of benzene rings is 1. The summed E-state index contributed by atoms with van der Waals surface area (Å²) in [4.78, 5) is 35.9. The first-order valence-corrected chi connectivity index (χ1v) is 9.92. The fourth-order valence-electron chi connectivity index (χ4n) is 3.51. The van der Waals surface area contributed by atoms with Gasteiger partial charge in [-0.1, -0.05) is 24.0 Å². The summed E-state index contributed by atoms with van der Waals surface area (Å²) in [6.45, 7) is 2.77. The van der Waals surface area contributed by atoms with E-state index < -0.39 is 17.5 Å². The molecule has 0 aliphatic carbocycles. The molecule has 2 N–H and O–H groups in total.